The number of benzene rings is 3. The molecule has 2 heterocycles. The number of thiophene rings is 1. The molecule has 0 fully saturated rings. The second-order valence-electron chi connectivity index (χ2n) is 7.78. The van der Waals surface area contributed by atoms with Gasteiger partial charge in [0, 0.05) is 17.0 Å². The van der Waals surface area contributed by atoms with Gasteiger partial charge in [0.05, 0.1) is 18.2 Å². The largest absolute Gasteiger partial charge is 0.573 e. The second kappa shape index (κ2) is 9.04. The molecule has 1 N–H and O–H groups in total. The summed E-state index contributed by atoms with van der Waals surface area (Å²) in [7, 11) is 1.50. The number of halogens is 3. The molecule has 0 aliphatic carbocycles. The topological polar surface area (TPSA) is 73.3 Å². The lowest BCUT2D eigenvalue weighted by Gasteiger charge is -2.10. The molecule has 10 heteroatoms. The van der Waals surface area contributed by atoms with Gasteiger partial charge in [-0.25, -0.2) is 9.36 Å². The highest BCUT2D eigenvalue weighted by molar-refractivity contribution is 7.17. The molecule has 0 saturated carbocycles. The first-order chi connectivity index (χ1) is 17.2. The minimum absolute atomic E-state index is 0.297. The van der Waals surface area contributed by atoms with Crippen molar-refractivity contribution in [1.29, 1.82) is 0 Å². The van der Waals surface area contributed by atoms with Crippen LogP contribution in [0.25, 0.3) is 38.2 Å². The quantitative estimate of drug-likeness (QED) is 0.316. The first kappa shape index (κ1) is 23.4. The predicted molar refractivity (Wildman–Crippen MR) is 132 cm³/mol. The monoisotopic (exact) mass is 510 g/mol. The highest BCUT2D eigenvalue weighted by Gasteiger charge is 2.31. The van der Waals surface area contributed by atoms with Gasteiger partial charge in [-0.3, -0.25) is 9.78 Å². The van der Waals surface area contributed by atoms with E-state index in [-0.39, 0.29) is 5.75 Å². The average Bonchev–Trinajstić information content (AvgIpc) is 3.28. The van der Waals surface area contributed by atoms with Gasteiger partial charge in [-0.1, -0.05) is 42.5 Å². The third-order valence-electron chi connectivity index (χ3n) is 5.56. The first-order valence-corrected chi connectivity index (χ1v) is 11.5. The van der Waals surface area contributed by atoms with Gasteiger partial charge in [0.15, 0.2) is 0 Å². The maximum Gasteiger partial charge on any atom is 0.573 e. The fraction of sp³-hybridized carbons (Fsp3) is 0.0769. The van der Waals surface area contributed by atoms with E-state index in [1.807, 2.05) is 24.3 Å². The van der Waals surface area contributed by atoms with Gasteiger partial charge in [-0.2, -0.15) is 0 Å². The number of nitrogens with zero attached hydrogens (tertiary/aromatic N) is 1. The Morgan fingerprint density at radius 1 is 0.861 bits per heavy atom. The molecule has 0 radical (unpaired) electrons. The Balaban J connectivity index is 1.52. The van der Waals surface area contributed by atoms with Crippen LogP contribution in [-0.4, -0.2) is 23.0 Å². The van der Waals surface area contributed by atoms with Gasteiger partial charge < -0.3 is 9.47 Å². The number of aromatic nitrogens is 2. The zero-order valence-electron chi connectivity index (χ0n) is 18.6. The van der Waals surface area contributed by atoms with Crippen LogP contribution in [0.15, 0.2) is 87.8 Å². The minimum atomic E-state index is -4.75. The summed E-state index contributed by atoms with van der Waals surface area (Å²) in [5, 5.41) is 2.18. The summed E-state index contributed by atoms with van der Waals surface area (Å²) in [6, 6.07) is 19.5. The van der Waals surface area contributed by atoms with Crippen LogP contribution in [0.2, 0.25) is 0 Å². The first-order valence-electron chi connectivity index (χ1n) is 10.6. The van der Waals surface area contributed by atoms with Crippen molar-refractivity contribution in [3.63, 3.8) is 0 Å². The van der Waals surface area contributed by atoms with E-state index < -0.39 is 17.6 Å². The maximum absolute atomic E-state index is 13.4. The normalized spacial score (nSPS) is 11.6. The van der Waals surface area contributed by atoms with Crippen molar-refractivity contribution in [2.45, 2.75) is 6.36 Å². The number of aromatic amines is 1. The van der Waals surface area contributed by atoms with Crippen molar-refractivity contribution in [2.75, 3.05) is 7.11 Å². The molecule has 0 amide bonds. The molecule has 0 aliphatic rings. The van der Waals surface area contributed by atoms with Gasteiger partial charge in [0.2, 0.25) is 0 Å². The number of fused-ring (bicyclic) bond motifs is 1. The average molecular weight is 510 g/mol. The number of methoxy groups -OCH3 is 1. The minimum Gasteiger partial charge on any atom is -0.497 e. The molecule has 0 bridgehead atoms. The van der Waals surface area contributed by atoms with Crippen molar-refractivity contribution >= 4 is 21.6 Å². The van der Waals surface area contributed by atoms with Crippen LogP contribution in [0.5, 0.6) is 11.5 Å². The lowest BCUT2D eigenvalue weighted by atomic mass is 10.0. The lowest BCUT2D eigenvalue weighted by Crippen LogP contribution is -2.33. The molecular formula is C26H17F3N2O4S. The van der Waals surface area contributed by atoms with Gasteiger partial charge in [0.1, 0.15) is 16.3 Å². The fourth-order valence-corrected chi connectivity index (χ4v) is 4.86. The summed E-state index contributed by atoms with van der Waals surface area (Å²) in [6.45, 7) is 0. The molecule has 36 heavy (non-hydrogen) atoms. The van der Waals surface area contributed by atoms with Gasteiger partial charge in [-0.15, -0.1) is 24.5 Å². The van der Waals surface area contributed by atoms with Crippen molar-refractivity contribution in [3.05, 3.63) is 99.0 Å². The number of hydrogen-bond acceptors (Lipinski definition) is 5. The Bertz CT molecular complexity index is 1670. The van der Waals surface area contributed by atoms with Crippen LogP contribution in [0.1, 0.15) is 0 Å². The van der Waals surface area contributed by atoms with Gasteiger partial charge in [-0.05, 0) is 41.0 Å². The van der Waals surface area contributed by atoms with E-state index in [9.17, 15) is 22.8 Å². The van der Waals surface area contributed by atoms with Crippen LogP contribution in [0.4, 0.5) is 13.2 Å². The van der Waals surface area contributed by atoms with E-state index in [0.29, 0.717) is 32.8 Å². The predicted octanol–water partition coefficient (Wildman–Crippen LogP) is 5.98. The number of hydrogen-bond donors (Lipinski definition) is 1. The van der Waals surface area contributed by atoms with E-state index in [4.69, 9.17) is 4.74 Å². The number of H-pyrrole nitrogens is 1. The number of nitrogens with one attached hydrogen (secondary N) is 1. The van der Waals surface area contributed by atoms with Crippen molar-refractivity contribution in [3.8, 4) is 39.4 Å². The molecule has 0 unspecified atom stereocenters. The van der Waals surface area contributed by atoms with Gasteiger partial charge in [0.25, 0.3) is 5.56 Å². The van der Waals surface area contributed by atoms with Crippen LogP contribution < -0.4 is 20.7 Å². The third-order valence-corrected chi connectivity index (χ3v) is 6.46. The fourth-order valence-electron chi connectivity index (χ4n) is 3.91. The summed E-state index contributed by atoms with van der Waals surface area (Å²) >= 11 is 1.26. The number of ether oxygens (including phenoxy) is 2. The molecular weight excluding hydrogens is 493 g/mol. The van der Waals surface area contributed by atoms with E-state index in [0.717, 1.165) is 15.7 Å². The van der Waals surface area contributed by atoms with E-state index >= 15 is 0 Å². The molecule has 2 aromatic heterocycles. The second-order valence-corrected chi connectivity index (χ2v) is 8.65. The van der Waals surface area contributed by atoms with Crippen LogP contribution >= 0.6 is 11.3 Å². The molecule has 0 aliphatic heterocycles. The molecule has 5 rings (SSSR count). The summed E-state index contributed by atoms with van der Waals surface area (Å²) in [4.78, 5) is 29.4. The Morgan fingerprint density at radius 2 is 1.50 bits per heavy atom. The number of alkyl halides is 3. The van der Waals surface area contributed by atoms with E-state index in [1.54, 1.807) is 29.6 Å². The molecule has 0 saturated heterocycles. The van der Waals surface area contributed by atoms with Crippen molar-refractivity contribution in [2.24, 2.45) is 0 Å². The smallest absolute Gasteiger partial charge is 0.497 e. The van der Waals surface area contributed by atoms with Gasteiger partial charge >= 0.3 is 12.1 Å². The highest BCUT2D eigenvalue weighted by atomic mass is 32.1. The molecule has 5 aromatic rings. The van der Waals surface area contributed by atoms with Crippen LogP contribution in [0, 0.1) is 0 Å². The Hall–Kier alpha value is -4.31. The maximum atomic E-state index is 13.4. The zero-order valence-corrected chi connectivity index (χ0v) is 19.4. The van der Waals surface area contributed by atoms with Crippen LogP contribution in [-0.2, 0) is 0 Å². The Morgan fingerprint density at radius 3 is 2.14 bits per heavy atom. The summed E-state index contributed by atoms with van der Waals surface area (Å²) in [6.07, 6.45) is -4.75. The molecule has 6 nitrogen and oxygen atoms in total. The standard InChI is InChI=1S/C26H17F3N2O4S/c1-34-20-4-2-3-18(13-20)31-24(32)22-21(14-36-23(22)30-25(31)33)17-7-5-15(6-8-17)16-9-11-19(12-10-16)35-26(27,28)29/h2-14H,1H3,(H,30,33). The molecule has 3 aromatic carbocycles. The van der Waals surface area contributed by atoms with Crippen LogP contribution in [0.3, 0.4) is 0 Å². The summed E-state index contributed by atoms with van der Waals surface area (Å²) < 4.78 is 47.4. The summed E-state index contributed by atoms with van der Waals surface area (Å²) in [5.74, 6) is 0.215. The Labute approximate surface area is 205 Å². The molecule has 0 atom stereocenters. The zero-order chi connectivity index (χ0) is 25.4. The Kier molecular flexibility index (Phi) is 5.89. The van der Waals surface area contributed by atoms with E-state index in [1.165, 1.54) is 42.7 Å². The third kappa shape index (κ3) is 4.50. The van der Waals surface area contributed by atoms with Crippen molar-refractivity contribution in [1.82, 2.24) is 9.55 Å². The molecule has 182 valence electrons. The lowest BCUT2D eigenvalue weighted by molar-refractivity contribution is -0.274. The molecule has 0 spiro atoms. The van der Waals surface area contributed by atoms with E-state index in [2.05, 4.69) is 9.72 Å². The summed E-state index contributed by atoms with van der Waals surface area (Å²) in [5.41, 5.74) is 2.27. The number of rotatable bonds is 5. The SMILES string of the molecule is COc1cccc(-n2c(=O)[nH]c3scc(-c4ccc(-c5ccc(OC(F)(F)F)cc5)cc4)c3c2=O)c1. The highest BCUT2D eigenvalue weighted by Crippen LogP contribution is 2.33. The van der Waals surface area contributed by atoms with Crippen molar-refractivity contribution < 1.29 is 22.6 Å².